The molecule has 8 aromatic carbocycles. The van der Waals surface area contributed by atoms with Crippen LogP contribution >= 0.6 is 0 Å². The summed E-state index contributed by atoms with van der Waals surface area (Å²) in [5.74, 6) is 0. The largest absolute Gasteiger partial charge is 0.245 e. The summed E-state index contributed by atoms with van der Waals surface area (Å²) in [4.78, 5) is 10.5. The molecule has 0 aliphatic heterocycles. The van der Waals surface area contributed by atoms with Gasteiger partial charge in [0.1, 0.15) is 0 Å². The minimum Gasteiger partial charge on any atom is -0.245 e. The molecule has 2 nitrogen and oxygen atoms in total. The third-order valence-electron chi connectivity index (χ3n) is 11.5. The second-order valence-electron chi connectivity index (χ2n) is 14.5. The predicted molar refractivity (Wildman–Crippen MR) is 228 cm³/mol. The Morgan fingerprint density at radius 1 is 0.345 bits per heavy atom. The normalized spacial score (nSPS) is 12.9. The second-order valence-corrected chi connectivity index (χ2v) is 14.5. The fourth-order valence-corrected chi connectivity index (χ4v) is 9.09. The number of rotatable bonds is 5. The molecule has 2 aromatic heterocycles. The average Bonchev–Trinajstić information content (AvgIpc) is 3.59. The van der Waals surface area contributed by atoms with Crippen molar-refractivity contribution in [2.45, 2.75) is 5.41 Å². The van der Waals surface area contributed by atoms with Crippen molar-refractivity contribution in [1.29, 1.82) is 0 Å². The summed E-state index contributed by atoms with van der Waals surface area (Å²) in [6.07, 6.45) is 0. The van der Waals surface area contributed by atoms with Crippen LogP contribution in [-0.4, -0.2) is 9.97 Å². The Bertz CT molecular complexity index is 3040. The Labute approximate surface area is 320 Å². The zero-order chi connectivity index (χ0) is 36.3. The van der Waals surface area contributed by atoms with Gasteiger partial charge in [0.05, 0.1) is 27.8 Å². The molecule has 0 saturated carbocycles. The first-order chi connectivity index (χ1) is 27.3. The van der Waals surface area contributed by atoms with Crippen molar-refractivity contribution in [3.63, 3.8) is 0 Å². The minimum atomic E-state index is -0.506. The molecule has 256 valence electrons. The van der Waals surface area contributed by atoms with Crippen molar-refractivity contribution in [1.82, 2.24) is 9.97 Å². The topological polar surface area (TPSA) is 25.8 Å². The maximum atomic E-state index is 5.34. The molecule has 2 heteroatoms. The lowest BCUT2D eigenvalue weighted by molar-refractivity contribution is 0.775. The summed E-state index contributed by atoms with van der Waals surface area (Å²) >= 11 is 0. The van der Waals surface area contributed by atoms with Crippen LogP contribution in [0.2, 0.25) is 0 Å². The van der Waals surface area contributed by atoms with Crippen LogP contribution in [0.5, 0.6) is 0 Å². The predicted octanol–water partition coefficient (Wildman–Crippen LogP) is 13.3. The van der Waals surface area contributed by atoms with E-state index < -0.39 is 5.41 Å². The van der Waals surface area contributed by atoms with Gasteiger partial charge in [-0.15, -0.1) is 0 Å². The summed E-state index contributed by atoms with van der Waals surface area (Å²) in [6.45, 7) is 0. The molecule has 1 aliphatic rings. The Morgan fingerprint density at radius 2 is 0.873 bits per heavy atom. The van der Waals surface area contributed by atoms with Crippen molar-refractivity contribution in [3.05, 3.63) is 229 Å². The number of hydrogen-bond donors (Lipinski definition) is 0. The Morgan fingerprint density at radius 3 is 1.56 bits per heavy atom. The van der Waals surface area contributed by atoms with Crippen LogP contribution < -0.4 is 0 Å². The summed E-state index contributed by atoms with van der Waals surface area (Å²) in [7, 11) is 0. The molecule has 0 amide bonds. The fourth-order valence-electron chi connectivity index (χ4n) is 9.09. The van der Waals surface area contributed by atoms with Crippen molar-refractivity contribution in [3.8, 4) is 44.8 Å². The van der Waals surface area contributed by atoms with Gasteiger partial charge in [0.25, 0.3) is 0 Å². The van der Waals surface area contributed by atoms with E-state index in [1.165, 1.54) is 49.7 Å². The van der Waals surface area contributed by atoms with Crippen molar-refractivity contribution < 1.29 is 0 Å². The monoisotopic (exact) mass is 698 g/mol. The Hall–Kier alpha value is -7.16. The SMILES string of the molecule is c1ccc(-c2ccc3ccc4ccc(-c5cccc(-c6cc7ccccc7c7c6-c6ccccc6C7(c6ccccc6)c6ccccc6)c5)nc4c3n2)cc1. The van der Waals surface area contributed by atoms with E-state index in [1.807, 2.05) is 6.07 Å². The smallest absolute Gasteiger partial charge is 0.0972 e. The number of nitrogens with zero attached hydrogens (tertiary/aromatic N) is 2. The van der Waals surface area contributed by atoms with Crippen molar-refractivity contribution >= 4 is 32.6 Å². The molecule has 0 atom stereocenters. The van der Waals surface area contributed by atoms with E-state index in [4.69, 9.17) is 9.97 Å². The second kappa shape index (κ2) is 12.5. The molecule has 0 N–H and O–H groups in total. The number of pyridine rings is 2. The summed E-state index contributed by atoms with van der Waals surface area (Å²) in [5.41, 5.74) is 15.5. The molecule has 1 aliphatic carbocycles. The lowest BCUT2D eigenvalue weighted by Crippen LogP contribution is -2.28. The maximum absolute atomic E-state index is 5.34. The van der Waals surface area contributed by atoms with Gasteiger partial charge in [-0.1, -0.05) is 182 Å². The highest BCUT2D eigenvalue weighted by molar-refractivity contribution is 6.07. The van der Waals surface area contributed by atoms with Crippen LogP contribution in [0.3, 0.4) is 0 Å². The number of hydrogen-bond acceptors (Lipinski definition) is 2. The van der Waals surface area contributed by atoms with E-state index in [2.05, 4.69) is 200 Å². The lowest BCUT2D eigenvalue weighted by atomic mass is 9.66. The van der Waals surface area contributed by atoms with Crippen LogP contribution in [0.25, 0.3) is 77.3 Å². The molecule has 10 aromatic rings. The first-order valence-corrected chi connectivity index (χ1v) is 18.9. The average molecular weight is 699 g/mol. The van der Waals surface area contributed by atoms with E-state index in [0.717, 1.165) is 49.9 Å². The van der Waals surface area contributed by atoms with Gasteiger partial charge < -0.3 is 0 Å². The molecule has 0 saturated heterocycles. The van der Waals surface area contributed by atoms with Crippen LogP contribution in [-0.2, 0) is 5.41 Å². The Balaban J connectivity index is 1.15. The molecule has 0 radical (unpaired) electrons. The molecule has 2 heterocycles. The third-order valence-corrected chi connectivity index (χ3v) is 11.5. The van der Waals surface area contributed by atoms with Gasteiger partial charge in [-0.05, 0) is 79.5 Å². The quantitative estimate of drug-likeness (QED) is 0.167. The summed E-state index contributed by atoms with van der Waals surface area (Å²) in [5, 5.41) is 4.65. The highest BCUT2D eigenvalue weighted by Gasteiger charge is 2.48. The lowest BCUT2D eigenvalue weighted by Gasteiger charge is -2.35. The first kappa shape index (κ1) is 31.4. The first-order valence-electron chi connectivity index (χ1n) is 18.9. The van der Waals surface area contributed by atoms with Crippen LogP contribution in [0.1, 0.15) is 22.3 Å². The van der Waals surface area contributed by atoms with E-state index in [0.29, 0.717) is 0 Å². The molecule has 0 bridgehead atoms. The van der Waals surface area contributed by atoms with E-state index in [-0.39, 0.29) is 0 Å². The highest BCUT2D eigenvalue weighted by Crippen LogP contribution is 2.60. The van der Waals surface area contributed by atoms with Gasteiger partial charge in [-0.3, -0.25) is 0 Å². The molecule has 55 heavy (non-hydrogen) atoms. The molecule has 11 rings (SSSR count). The molecule has 0 unspecified atom stereocenters. The van der Waals surface area contributed by atoms with E-state index in [1.54, 1.807) is 0 Å². The molecule has 0 spiro atoms. The molecular weight excluding hydrogens is 665 g/mol. The van der Waals surface area contributed by atoms with Crippen molar-refractivity contribution in [2.75, 3.05) is 0 Å². The van der Waals surface area contributed by atoms with E-state index in [9.17, 15) is 0 Å². The van der Waals surface area contributed by atoms with Gasteiger partial charge in [0.15, 0.2) is 0 Å². The fraction of sp³-hybridized carbons (Fsp3) is 0.0189. The zero-order valence-corrected chi connectivity index (χ0v) is 30.0. The Kier molecular flexibility index (Phi) is 7.11. The van der Waals surface area contributed by atoms with Crippen LogP contribution in [0.15, 0.2) is 206 Å². The van der Waals surface area contributed by atoms with Gasteiger partial charge in [0, 0.05) is 21.9 Å². The van der Waals surface area contributed by atoms with Gasteiger partial charge in [-0.25, -0.2) is 9.97 Å². The number of fused-ring (bicyclic) bond motifs is 8. The number of aromatic nitrogens is 2. The zero-order valence-electron chi connectivity index (χ0n) is 30.0. The maximum Gasteiger partial charge on any atom is 0.0972 e. The van der Waals surface area contributed by atoms with Gasteiger partial charge in [-0.2, -0.15) is 0 Å². The van der Waals surface area contributed by atoms with Crippen LogP contribution in [0, 0.1) is 0 Å². The van der Waals surface area contributed by atoms with Gasteiger partial charge >= 0.3 is 0 Å². The van der Waals surface area contributed by atoms with Crippen molar-refractivity contribution in [2.24, 2.45) is 0 Å². The minimum absolute atomic E-state index is 0.506. The molecule has 0 fully saturated rings. The molecular formula is C53H34N2. The van der Waals surface area contributed by atoms with E-state index >= 15 is 0 Å². The third kappa shape index (κ3) is 4.82. The van der Waals surface area contributed by atoms with Gasteiger partial charge in [0.2, 0.25) is 0 Å². The van der Waals surface area contributed by atoms with Crippen LogP contribution in [0.4, 0.5) is 0 Å². The number of benzene rings is 8. The standard InChI is InChI=1S/C53H34N2/c1-4-15-35(16-5-1)47-31-29-36-27-28-37-30-32-48(55-52(37)51(36)54-47)40-19-14-18-38(33-40)45-34-39-17-10-11-24-43(39)50-49(45)44-25-12-13-26-46(44)53(50,41-20-6-2-7-21-41)42-22-8-3-9-23-42/h1-34H. The summed E-state index contributed by atoms with van der Waals surface area (Å²) < 4.78 is 0. The summed E-state index contributed by atoms with van der Waals surface area (Å²) in [6, 6.07) is 74.6. The highest BCUT2D eigenvalue weighted by atomic mass is 14.8.